The third-order valence-electron chi connectivity index (χ3n) is 2.94. The van der Waals surface area contributed by atoms with E-state index in [1.165, 1.54) is 12.1 Å². The van der Waals surface area contributed by atoms with Gasteiger partial charge >= 0.3 is 5.97 Å². The van der Waals surface area contributed by atoms with Crippen LogP contribution in [-0.2, 0) is 4.79 Å². The minimum absolute atomic E-state index is 0.238. The molecule has 1 aromatic rings. The van der Waals surface area contributed by atoms with Crippen LogP contribution in [0.5, 0.6) is 5.75 Å². The van der Waals surface area contributed by atoms with E-state index >= 15 is 0 Å². The largest absolute Gasteiger partial charge is 0.494 e. The summed E-state index contributed by atoms with van der Waals surface area (Å²) in [5.41, 5.74) is 5.31. The molecule has 0 aliphatic carbocycles. The molecule has 0 saturated heterocycles. The van der Waals surface area contributed by atoms with Crippen LogP contribution in [0.4, 0.5) is 0 Å². The number of benzene rings is 1. The first-order chi connectivity index (χ1) is 9.59. The van der Waals surface area contributed by atoms with Gasteiger partial charge in [-0.2, -0.15) is 0 Å². The number of carbonyl (C=O) groups is 2. The van der Waals surface area contributed by atoms with Gasteiger partial charge in [0, 0.05) is 6.42 Å². The highest BCUT2D eigenvalue weighted by molar-refractivity contribution is 5.87. The topological polar surface area (TPSA) is 89.6 Å². The molecule has 0 radical (unpaired) electrons. The van der Waals surface area contributed by atoms with E-state index in [1.54, 1.807) is 12.1 Å². The number of primary amides is 1. The zero-order valence-corrected chi connectivity index (χ0v) is 11.5. The predicted octanol–water partition coefficient (Wildman–Crippen LogP) is 2.59. The zero-order chi connectivity index (χ0) is 14.8. The first-order valence-corrected chi connectivity index (χ1v) is 6.84. The molecule has 0 bridgehead atoms. The van der Waals surface area contributed by atoms with Crippen LogP contribution in [0.1, 0.15) is 48.9 Å². The van der Waals surface area contributed by atoms with Crippen molar-refractivity contribution in [1.29, 1.82) is 0 Å². The molecular weight excluding hydrogens is 258 g/mol. The summed E-state index contributed by atoms with van der Waals surface area (Å²) in [4.78, 5) is 21.2. The summed E-state index contributed by atoms with van der Waals surface area (Å²) < 4.78 is 5.52. The second-order valence-electron chi connectivity index (χ2n) is 4.66. The summed E-state index contributed by atoms with van der Waals surface area (Å²) in [7, 11) is 0. The van der Waals surface area contributed by atoms with Crippen molar-refractivity contribution in [3.63, 3.8) is 0 Å². The van der Waals surface area contributed by atoms with Crippen molar-refractivity contribution >= 4 is 11.9 Å². The number of unbranched alkanes of at least 4 members (excludes halogenated alkanes) is 4. The number of carboxylic acid groups (broad SMARTS) is 1. The van der Waals surface area contributed by atoms with Crippen molar-refractivity contribution in [3.05, 3.63) is 29.8 Å². The highest BCUT2D eigenvalue weighted by Gasteiger charge is 2.02. The van der Waals surface area contributed by atoms with Crippen LogP contribution in [0.3, 0.4) is 0 Å². The molecule has 1 rings (SSSR count). The Kier molecular flexibility index (Phi) is 7.17. The molecule has 1 amide bonds. The second kappa shape index (κ2) is 8.96. The molecule has 0 unspecified atom stereocenters. The van der Waals surface area contributed by atoms with Gasteiger partial charge in [-0.25, -0.2) is 4.79 Å². The van der Waals surface area contributed by atoms with E-state index in [2.05, 4.69) is 0 Å². The fourth-order valence-corrected chi connectivity index (χ4v) is 1.82. The molecule has 0 fully saturated rings. The minimum Gasteiger partial charge on any atom is -0.494 e. The smallest absolute Gasteiger partial charge is 0.335 e. The highest BCUT2D eigenvalue weighted by atomic mass is 16.5. The number of aromatic carboxylic acids is 1. The third kappa shape index (κ3) is 6.78. The van der Waals surface area contributed by atoms with Crippen molar-refractivity contribution in [3.8, 4) is 5.75 Å². The number of rotatable bonds is 10. The lowest BCUT2D eigenvalue weighted by molar-refractivity contribution is -0.118. The Morgan fingerprint density at radius 2 is 1.60 bits per heavy atom. The number of carboxylic acids is 1. The molecule has 20 heavy (non-hydrogen) atoms. The predicted molar refractivity (Wildman–Crippen MR) is 75.8 cm³/mol. The first-order valence-electron chi connectivity index (χ1n) is 6.84. The van der Waals surface area contributed by atoms with Crippen LogP contribution in [0.15, 0.2) is 24.3 Å². The molecule has 0 spiro atoms. The van der Waals surface area contributed by atoms with Crippen molar-refractivity contribution in [1.82, 2.24) is 0 Å². The number of nitrogens with two attached hydrogens (primary N) is 1. The van der Waals surface area contributed by atoms with Crippen molar-refractivity contribution < 1.29 is 19.4 Å². The SMILES string of the molecule is NC(=O)CCCCCCCOc1ccc(C(=O)O)cc1. The van der Waals surface area contributed by atoms with Crippen LogP contribution in [-0.4, -0.2) is 23.6 Å². The van der Waals surface area contributed by atoms with Crippen LogP contribution in [0, 0.1) is 0 Å². The van der Waals surface area contributed by atoms with Gasteiger partial charge in [0.15, 0.2) is 0 Å². The molecule has 5 heteroatoms. The van der Waals surface area contributed by atoms with E-state index in [1.807, 2.05) is 0 Å². The average Bonchev–Trinajstić information content (AvgIpc) is 2.42. The van der Waals surface area contributed by atoms with Gasteiger partial charge < -0.3 is 15.6 Å². The third-order valence-corrected chi connectivity index (χ3v) is 2.94. The summed E-state index contributed by atoms with van der Waals surface area (Å²) in [6.07, 6.45) is 5.38. The quantitative estimate of drug-likeness (QED) is 0.644. The lowest BCUT2D eigenvalue weighted by Gasteiger charge is -2.06. The fraction of sp³-hybridized carbons (Fsp3) is 0.467. The molecule has 3 N–H and O–H groups in total. The van der Waals surface area contributed by atoms with Crippen molar-refractivity contribution in [2.75, 3.05) is 6.61 Å². The molecule has 0 aliphatic rings. The molecule has 0 saturated carbocycles. The Balaban J connectivity index is 2.06. The molecule has 110 valence electrons. The van der Waals surface area contributed by atoms with Gasteiger partial charge in [-0.05, 0) is 37.1 Å². The second-order valence-corrected chi connectivity index (χ2v) is 4.66. The lowest BCUT2D eigenvalue weighted by Crippen LogP contribution is -2.09. The molecule has 0 atom stereocenters. The standard InChI is InChI=1S/C15H21NO4/c16-14(17)6-4-2-1-3-5-11-20-13-9-7-12(8-10-13)15(18)19/h7-10H,1-6,11H2,(H2,16,17)(H,18,19). The maximum atomic E-state index is 10.7. The molecular formula is C15H21NO4. The maximum Gasteiger partial charge on any atom is 0.335 e. The van der Waals surface area contributed by atoms with Gasteiger partial charge in [0.25, 0.3) is 0 Å². The number of ether oxygens (including phenoxy) is 1. The van der Waals surface area contributed by atoms with Gasteiger partial charge in [0.2, 0.25) is 5.91 Å². The van der Waals surface area contributed by atoms with Crippen LogP contribution in [0.25, 0.3) is 0 Å². The number of carbonyl (C=O) groups excluding carboxylic acids is 1. The molecule has 0 aliphatic heterocycles. The Bertz CT molecular complexity index is 428. The summed E-state index contributed by atoms with van der Waals surface area (Å²) in [5.74, 6) is -0.491. The van der Waals surface area contributed by atoms with E-state index in [0.29, 0.717) is 18.8 Å². The van der Waals surface area contributed by atoms with E-state index in [9.17, 15) is 9.59 Å². The van der Waals surface area contributed by atoms with Crippen molar-refractivity contribution in [2.24, 2.45) is 5.73 Å². The Hall–Kier alpha value is -2.04. The number of hydrogen-bond donors (Lipinski definition) is 2. The summed E-state index contributed by atoms with van der Waals surface area (Å²) in [6, 6.07) is 6.38. The van der Waals surface area contributed by atoms with E-state index in [-0.39, 0.29) is 11.5 Å². The van der Waals surface area contributed by atoms with Gasteiger partial charge in [0.1, 0.15) is 5.75 Å². The number of hydrogen-bond acceptors (Lipinski definition) is 3. The molecule has 1 aromatic carbocycles. The van der Waals surface area contributed by atoms with Crippen LogP contribution >= 0.6 is 0 Å². The Morgan fingerprint density at radius 1 is 1.00 bits per heavy atom. The Morgan fingerprint density at radius 3 is 2.20 bits per heavy atom. The normalized spacial score (nSPS) is 10.2. The lowest BCUT2D eigenvalue weighted by atomic mass is 10.1. The zero-order valence-electron chi connectivity index (χ0n) is 11.5. The van der Waals surface area contributed by atoms with Gasteiger partial charge in [-0.15, -0.1) is 0 Å². The van der Waals surface area contributed by atoms with Crippen LogP contribution in [0.2, 0.25) is 0 Å². The number of amides is 1. The highest BCUT2D eigenvalue weighted by Crippen LogP contribution is 2.13. The molecule has 0 heterocycles. The van der Waals surface area contributed by atoms with Gasteiger partial charge in [-0.3, -0.25) is 4.79 Å². The van der Waals surface area contributed by atoms with Crippen molar-refractivity contribution in [2.45, 2.75) is 38.5 Å². The van der Waals surface area contributed by atoms with Gasteiger partial charge in [0.05, 0.1) is 12.2 Å². The summed E-state index contributed by atoms with van der Waals surface area (Å²) in [5, 5.41) is 8.76. The van der Waals surface area contributed by atoms with Gasteiger partial charge in [-0.1, -0.05) is 19.3 Å². The maximum absolute atomic E-state index is 10.7. The van der Waals surface area contributed by atoms with E-state index in [0.717, 1.165) is 32.1 Å². The molecule has 5 nitrogen and oxygen atoms in total. The monoisotopic (exact) mass is 279 g/mol. The fourth-order valence-electron chi connectivity index (χ4n) is 1.82. The van der Waals surface area contributed by atoms with E-state index < -0.39 is 5.97 Å². The van der Waals surface area contributed by atoms with E-state index in [4.69, 9.17) is 15.6 Å². The minimum atomic E-state index is -0.937. The first kappa shape index (κ1) is 16.0. The summed E-state index contributed by atoms with van der Waals surface area (Å²) in [6.45, 7) is 0.613. The summed E-state index contributed by atoms with van der Waals surface area (Å²) >= 11 is 0. The average molecular weight is 279 g/mol. The molecule has 0 aromatic heterocycles. The Labute approximate surface area is 118 Å². The van der Waals surface area contributed by atoms with Crippen LogP contribution < -0.4 is 10.5 Å².